The summed E-state index contributed by atoms with van der Waals surface area (Å²) in [6.07, 6.45) is 10.6. The number of aromatic nitrogens is 3. The summed E-state index contributed by atoms with van der Waals surface area (Å²) in [4.78, 5) is 8.25. The van der Waals surface area contributed by atoms with Crippen molar-refractivity contribution in [3.05, 3.63) is 29.8 Å². The van der Waals surface area contributed by atoms with Crippen molar-refractivity contribution in [3.63, 3.8) is 0 Å². The number of nitrogens with zero attached hydrogens (tertiary/aromatic N) is 3. The Balaban J connectivity index is 2.77. The van der Waals surface area contributed by atoms with Gasteiger partial charge in [0.15, 0.2) is 0 Å². The second-order valence-corrected chi connectivity index (χ2v) is 2.58. The molecule has 0 atom stereocenters. The summed E-state index contributed by atoms with van der Waals surface area (Å²) in [5.74, 6) is 3.20. The largest absolute Gasteiger partial charge is 0.290 e. The zero-order chi connectivity index (χ0) is 8.55. The van der Waals surface area contributed by atoms with E-state index in [4.69, 9.17) is 6.42 Å². The Kier molecular flexibility index (Phi) is 1.34. The smallest absolute Gasteiger partial charge is 0.233 e. The standard InChI is InChI=1S/C9H7N3/c1-3-8-4-10-9-11-7(2)5-12(9)6-8/h1,4-6H,2H3. The Hall–Kier alpha value is -1.82. The predicted molar refractivity (Wildman–Crippen MR) is 45.7 cm³/mol. The lowest BCUT2D eigenvalue weighted by Gasteiger charge is -1.91. The van der Waals surface area contributed by atoms with Gasteiger partial charge in [-0.2, -0.15) is 0 Å². The summed E-state index contributed by atoms with van der Waals surface area (Å²) in [6, 6.07) is 0. The van der Waals surface area contributed by atoms with Gasteiger partial charge in [-0.25, -0.2) is 9.97 Å². The van der Waals surface area contributed by atoms with Crippen LogP contribution in [0.3, 0.4) is 0 Å². The maximum absolute atomic E-state index is 5.22. The number of hydrogen-bond donors (Lipinski definition) is 0. The summed E-state index contributed by atoms with van der Waals surface area (Å²) in [6.45, 7) is 1.92. The zero-order valence-electron chi connectivity index (χ0n) is 6.65. The molecule has 0 bridgehead atoms. The SMILES string of the molecule is C#Cc1cnc2nc(C)cn2c1. The first kappa shape index (κ1) is 6.86. The second-order valence-electron chi connectivity index (χ2n) is 2.58. The molecule has 2 aromatic rings. The minimum absolute atomic E-state index is 0.687. The number of aryl methyl sites for hydroxylation is 1. The molecule has 2 rings (SSSR count). The fraction of sp³-hybridized carbons (Fsp3) is 0.111. The lowest BCUT2D eigenvalue weighted by Crippen LogP contribution is -1.88. The molecule has 0 saturated heterocycles. The van der Waals surface area contributed by atoms with Crippen molar-refractivity contribution in [2.24, 2.45) is 0 Å². The highest BCUT2D eigenvalue weighted by Crippen LogP contribution is 2.02. The molecule has 0 spiro atoms. The molecule has 58 valence electrons. The van der Waals surface area contributed by atoms with Crippen LogP contribution in [-0.4, -0.2) is 14.4 Å². The molecule has 0 radical (unpaired) electrons. The highest BCUT2D eigenvalue weighted by molar-refractivity contribution is 5.36. The normalized spacial score (nSPS) is 10.0. The highest BCUT2D eigenvalue weighted by Gasteiger charge is 1.97. The van der Waals surface area contributed by atoms with Crippen LogP contribution in [-0.2, 0) is 0 Å². The first-order valence-electron chi connectivity index (χ1n) is 3.57. The molecule has 3 heteroatoms. The van der Waals surface area contributed by atoms with Crippen molar-refractivity contribution >= 4 is 5.78 Å². The summed E-state index contributed by atoms with van der Waals surface area (Å²) in [7, 11) is 0. The van der Waals surface area contributed by atoms with Crippen molar-refractivity contribution in [1.82, 2.24) is 14.4 Å². The van der Waals surface area contributed by atoms with E-state index in [-0.39, 0.29) is 0 Å². The third kappa shape index (κ3) is 0.940. The molecule has 0 N–H and O–H groups in total. The van der Waals surface area contributed by atoms with Crippen LogP contribution in [0.2, 0.25) is 0 Å². The minimum atomic E-state index is 0.687. The van der Waals surface area contributed by atoms with E-state index < -0.39 is 0 Å². The van der Waals surface area contributed by atoms with E-state index in [1.165, 1.54) is 0 Å². The van der Waals surface area contributed by atoms with Crippen LogP contribution < -0.4 is 0 Å². The second kappa shape index (κ2) is 2.35. The molecule has 0 aliphatic carbocycles. The van der Waals surface area contributed by atoms with E-state index in [9.17, 15) is 0 Å². The predicted octanol–water partition coefficient (Wildman–Crippen LogP) is 1.02. The van der Waals surface area contributed by atoms with Gasteiger partial charge in [0.2, 0.25) is 5.78 Å². The number of rotatable bonds is 0. The third-order valence-electron chi connectivity index (χ3n) is 1.60. The molecule has 0 aliphatic rings. The Morgan fingerprint density at radius 1 is 1.50 bits per heavy atom. The summed E-state index contributed by atoms with van der Waals surface area (Å²) >= 11 is 0. The van der Waals surface area contributed by atoms with Crippen LogP contribution in [0.25, 0.3) is 5.78 Å². The molecule has 0 aliphatic heterocycles. The van der Waals surface area contributed by atoms with E-state index >= 15 is 0 Å². The van der Waals surface area contributed by atoms with Crippen molar-refractivity contribution in [2.45, 2.75) is 6.92 Å². The van der Waals surface area contributed by atoms with Gasteiger partial charge in [0, 0.05) is 18.6 Å². The van der Waals surface area contributed by atoms with Crippen LogP contribution in [0, 0.1) is 19.3 Å². The molecule has 2 heterocycles. The number of hydrogen-bond acceptors (Lipinski definition) is 2. The highest BCUT2D eigenvalue weighted by atomic mass is 15.1. The minimum Gasteiger partial charge on any atom is -0.290 e. The van der Waals surface area contributed by atoms with E-state index in [1.54, 1.807) is 6.20 Å². The van der Waals surface area contributed by atoms with Crippen LogP contribution in [0.15, 0.2) is 18.6 Å². The average molecular weight is 157 g/mol. The van der Waals surface area contributed by atoms with E-state index in [1.807, 2.05) is 23.7 Å². The molecule has 0 fully saturated rings. The van der Waals surface area contributed by atoms with Gasteiger partial charge in [-0.1, -0.05) is 5.92 Å². The first-order chi connectivity index (χ1) is 5.79. The third-order valence-corrected chi connectivity index (χ3v) is 1.60. The maximum Gasteiger partial charge on any atom is 0.233 e. The monoisotopic (exact) mass is 157 g/mol. The van der Waals surface area contributed by atoms with Crippen molar-refractivity contribution in [2.75, 3.05) is 0 Å². The Labute approximate surface area is 70.1 Å². The number of imidazole rings is 1. The molecule has 0 aromatic carbocycles. The average Bonchev–Trinajstić information content (AvgIpc) is 2.43. The molecule has 2 aromatic heterocycles. The Bertz CT molecular complexity index is 462. The van der Waals surface area contributed by atoms with Gasteiger partial charge in [-0.3, -0.25) is 4.40 Å². The van der Waals surface area contributed by atoms with Gasteiger partial charge in [0.05, 0.1) is 11.3 Å². The molecular weight excluding hydrogens is 150 g/mol. The Morgan fingerprint density at radius 2 is 2.33 bits per heavy atom. The van der Waals surface area contributed by atoms with E-state index in [0.717, 1.165) is 11.3 Å². The van der Waals surface area contributed by atoms with Crippen LogP contribution >= 0.6 is 0 Å². The van der Waals surface area contributed by atoms with Crippen molar-refractivity contribution in [1.29, 1.82) is 0 Å². The molecule has 0 amide bonds. The van der Waals surface area contributed by atoms with Crippen LogP contribution in [0.4, 0.5) is 0 Å². The summed E-state index contributed by atoms with van der Waals surface area (Å²) in [5.41, 5.74) is 1.71. The van der Waals surface area contributed by atoms with E-state index in [2.05, 4.69) is 15.9 Å². The van der Waals surface area contributed by atoms with Crippen LogP contribution in [0.1, 0.15) is 11.3 Å². The van der Waals surface area contributed by atoms with Crippen molar-refractivity contribution in [3.8, 4) is 12.3 Å². The lowest BCUT2D eigenvalue weighted by molar-refractivity contribution is 1.10. The van der Waals surface area contributed by atoms with Gasteiger partial charge in [0.25, 0.3) is 0 Å². The van der Waals surface area contributed by atoms with Gasteiger partial charge in [-0.05, 0) is 6.92 Å². The summed E-state index contributed by atoms with van der Waals surface area (Å²) in [5, 5.41) is 0. The van der Waals surface area contributed by atoms with Gasteiger partial charge in [0.1, 0.15) is 0 Å². The molecule has 0 unspecified atom stereocenters. The van der Waals surface area contributed by atoms with Gasteiger partial charge >= 0.3 is 0 Å². The fourth-order valence-corrected chi connectivity index (χ4v) is 1.08. The topological polar surface area (TPSA) is 30.2 Å². The quantitative estimate of drug-likeness (QED) is 0.534. The fourth-order valence-electron chi connectivity index (χ4n) is 1.08. The van der Waals surface area contributed by atoms with Crippen molar-refractivity contribution < 1.29 is 0 Å². The Morgan fingerprint density at radius 3 is 3.08 bits per heavy atom. The summed E-state index contributed by atoms with van der Waals surface area (Å²) < 4.78 is 1.82. The molecule has 0 saturated carbocycles. The maximum atomic E-state index is 5.22. The molecule has 12 heavy (non-hydrogen) atoms. The number of terminal acetylenes is 1. The molecule has 3 nitrogen and oxygen atoms in total. The van der Waals surface area contributed by atoms with Crippen LogP contribution in [0.5, 0.6) is 0 Å². The van der Waals surface area contributed by atoms with Gasteiger partial charge < -0.3 is 0 Å². The first-order valence-corrected chi connectivity index (χ1v) is 3.57. The lowest BCUT2D eigenvalue weighted by atomic mass is 10.4. The zero-order valence-corrected chi connectivity index (χ0v) is 6.65. The number of fused-ring (bicyclic) bond motifs is 1. The van der Waals surface area contributed by atoms with E-state index in [0.29, 0.717) is 5.78 Å². The van der Waals surface area contributed by atoms with Gasteiger partial charge in [-0.15, -0.1) is 6.42 Å². The molecular formula is C9H7N3.